The van der Waals surface area contributed by atoms with Gasteiger partial charge in [0.2, 0.25) is 5.91 Å². The van der Waals surface area contributed by atoms with Gasteiger partial charge < -0.3 is 5.32 Å². The normalized spacial score (nSPS) is 11.0. The van der Waals surface area contributed by atoms with Crippen LogP contribution in [0.25, 0.3) is 21.7 Å². The van der Waals surface area contributed by atoms with Gasteiger partial charge in [-0.2, -0.15) is 10.2 Å². The zero-order valence-electron chi connectivity index (χ0n) is 12.6. The van der Waals surface area contributed by atoms with Crippen molar-refractivity contribution in [3.63, 3.8) is 0 Å². The lowest BCUT2D eigenvalue weighted by Gasteiger charge is -2.07. The molecule has 0 saturated carbocycles. The Bertz CT molecular complexity index is 1110. The highest BCUT2D eigenvalue weighted by molar-refractivity contribution is 5.93. The first-order valence-corrected chi connectivity index (χ1v) is 7.38. The monoisotopic (exact) mass is 319 g/mol. The van der Waals surface area contributed by atoms with Crippen LogP contribution in [0, 0.1) is 0 Å². The third kappa shape index (κ3) is 2.52. The number of aromatic nitrogens is 4. The number of aromatic amines is 1. The number of anilines is 1. The minimum atomic E-state index is -0.317. The van der Waals surface area contributed by atoms with E-state index in [2.05, 4.69) is 20.6 Å². The van der Waals surface area contributed by atoms with Crippen molar-refractivity contribution in [2.45, 2.75) is 6.54 Å². The van der Waals surface area contributed by atoms with Crippen LogP contribution < -0.4 is 10.9 Å². The van der Waals surface area contributed by atoms with E-state index in [1.165, 1.54) is 0 Å². The Morgan fingerprint density at radius 2 is 2.00 bits per heavy atom. The van der Waals surface area contributed by atoms with Crippen molar-refractivity contribution < 1.29 is 4.79 Å². The van der Waals surface area contributed by atoms with Crippen molar-refractivity contribution in [3.8, 4) is 0 Å². The van der Waals surface area contributed by atoms with Crippen molar-refractivity contribution >= 4 is 33.3 Å². The molecule has 0 fully saturated rings. The summed E-state index contributed by atoms with van der Waals surface area (Å²) >= 11 is 0. The fourth-order valence-corrected chi connectivity index (χ4v) is 2.60. The second kappa shape index (κ2) is 5.62. The lowest BCUT2D eigenvalue weighted by Crippen LogP contribution is -2.29. The van der Waals surface area contributed by atoms with Crippen LogP contribution in [0.15, 0.2) is 59.7 Å². The lowest BCUT2D eigenvalue weighted by molar-refractivity contribution is -0.117. The molecule has 2 aromatic heterocycles. The number of rotatable bonds is 3. The van der Waals surface area contributed by atoms with Crippen molar-refractivity contribution in [2.75, 3.05) is 5.32 Å². The van der Waals surface area contributed by atoms with Crippen LogP contribution in [0.4, 0.5) is 5.69 Å². The Balaban J connectivity index is 1.57. The van der Waals surface area contributed by atoms with Crippen LogP contribution in [0.1, 0.15) is 0 Å². The topological polar surface area (TPSA) is 92.7 Å². The number of hydrogen-bond donors (Lipinski definition) is 2. The summed E-state index contributed by atoms with van der Waals surface area (Å²) in [5, 5.41) is 15.8. The minimum Gasteiger partial charge on any atom is -0.324 e. The van der Waals surface area contributed by atoms with Gasteiger partial charge >= 0.3 is 0 Å². The number of carbonyl (C=O) groups excluding carboxylic acids is 1. The molecule has 0 radical (unpaired) electrons. The molecule has 7 heteroatoms. The van der Waals surface area contributed by atoms with Crippen LogP contribution in [-0.2, 0) is 11.3 Å². The highest BCUT2D eigenvalue weighted by Crippen LogP contribution is 2.16. The molecule has 4 aromatic rings. The largest absolute Gasteiger partial charge is 0.324 e. The number of carbonyl (C=O) groups is 1. The van der Waals surface area contributed by atoms with Gasteiger partial charge in [0.15, 0.2) is 0 Å². The first kappa shape index (κ1) is 14.1. The van der Waals surface area contributed by atoms with Gasteiger partial charge in [-0.3, -0.25) is 14.7 Å². The third-order valence-electron chi connectivity index (χ3n) is 3.78. The molecule has 0 aliphatic carbocycles. The van der Waals surface area contributed by atoms with Crippen molar-refractivity contribution in [1.82, 2.24) is 20.0 Å². The van der Waals surface area contributed by atoms with E-state index >= 15 is 0 Å². The van der Waals surface area contributed by atoms with Gasteiger partial charge in [0, 0.05) is 16.5 Å². The van der Waals surface area contributed by atoms with E-state index in [1.807, 2.05) is 24.3 Å². The van der Waals surface area contributed by atoms with E-state index in [0.29, 0.717) is 11.1 Å². The summed E-state index contributed by atoms with van der Waals surface area (Å²) in [6.07, 6.45) is 3.27. The molecule has 0 unspecified atom stereocenters. The number of nitrogens with one attached hydrogen (secondary N) is 2. The zero-order chi connectivity index (χ0) is 16.5. The SMILES string of the molecule is O=C(Cn1ncc2ccccc2c1=O)Nc1ccc2[nH]ncc2c1. The van der Waals surface area contributed by atoms with Gasteiger partial charge in [-0.15, -0.1) is 0 Å². The van der Waals surface area contributed by atoms with Crippen LogP contribution >= 0.6 is 0 Å². The van der Waals surface area contributed by atoms with Crippen molar-refractivity contribution in [2.24, 2.45) is 0 Å². The summed E-state index contributed by atoms with van der Waals surface area (Å²) in [4.78, 5) is 24.6. The predicted molar refractivity (Wildman–Crippen MR) is 90.7 cm³/mol. The average Bonchev–Trinajstić information content (AvgIpc) is 3.05. The molecule has 4 rings (SSSR count). The first-order chi connectivity index (χ1) is 11.7. The summed E-state index contributed by atoms with van der Waals surface area (Å²) in [5.41, 5.74) is 1.25. The lowest BCUT2D eigenvalue weighted by atomic mass is 10.2. The molecule has 2 heterocycles. The number of amides is 1. The summed E-state index contributed by atoms with van der Waals surface area (Å²) in [6, 6.07) is 12.6. The number of benzene rings is 2. The minimum absolute atomic E-state index is 0.146. The van der Waals surface area contributed by atoms with E-state index in [-0.39, 0.29) is 18.0 Å². The molecular weight excluding hydrogens is 306 g/mol. The standard InChI is InChI=1S/C17H13N5O2/c23-16(20-13-5-6-15-12(7-13)8-18-21-15)10-22-17(24)14-4-2-1-3-11(14)9-19-22/h1-9H,10H2,(H,18,21)(H,20,23). The van der Waals surface area contributed by atoms with Gasteiger partial charge in [-0.05, 0) is 24.3 Å². The van der Waals surface area contributed by atoms with Gasteiger partial charge in [-0.25, -0.2) is 4.68 Å². The molecule has 118 valence electrons. The maximum Gasteiger partial charge on any atom is 0.275 e. The summed E-state index contributed by atoms with van der Waals surface area (Å²) < 4.78 is 1.16. The average molecular weight is 319 g/mol. The summed E-state index contributed by atoms with van der Waals surface area (Å²) in [7, 11) is 0. The molecule has 7 nitrogen and oxygen atoms in total. The maximum atomic E-state index is 12.4. The molecular formula is C17H13N5O2. The van der Waals surface area contributed by atoms with Gasteiger partial charge in [0.25, 0.3) is 5.56 Å². The quantitative estimate of drug-likeness (QED) is 0.603. The zero-order valence-corrected chi connectivity index (χ0v) is 12.6. The third-order valence-corrected chi connectivity index (χ3v) is 3.78. The molecule has 1 amide bonds. The summed E-state index contributed by atoms with van der Waals surface area (Å²) in [6.45, 7) is -0.146. The number of hydrogen-bond acceptors (Lipinski definition) is 4. The predicted octanol–water partition coefficient (Wildman–Crippen LogP) is 1.91. The van der Waals surface area contributed by atoms with Crippen LogP contribution in [0.3, 0.4) is 0 Å². The molecule has 0 saturated heterocycles. The van der Waals surface area contributed by atoms with E-state index < -0.39 is 0 Å². The molecule has 2 N–H and O–H groups in total. The van der Waals surface area contributed by atoms with E-state index in [0.717, 1.165) is 21.0 Å². The summed E-state index contributed by atoms with van der Waals surface area (Å²) in [5.74, 6) is -0.317. The Labute approximate surface area is 135 Å². The Morgan fingerprint density at radius 3 is 2.92 bits per heavy atom. The van der Waals surface area contributed by atoms with Gasteiger partial charge in [-0.1, -0.05) is 18.2 Å². The van der Waals surface area contributed by atoms with E-state index in [9.17, 15) is 9.59 Å². The second-order valence-electron chi connectivity index (χ2n) is 5.41. The highest BCUT2D eigenvalue weighted by Gasteiger charge is 2.09. The molecule has 0 atom stereocenters. The Morgan fingerprint density at radius 1 is 1.12 bits per heavy atom. The van der Waals surface area contributed by atoms with Crippen LogP contribution in [0.2, 0.25) is 0 Å². The highest BCUT2D eigenvalue weighted by atomic mass is 16.2. The van der Waals surface area contributed by atoms with Crippen LogP contribution in [0.5, 0.6) is 0 Å². The Hall–Kier alpha value is -3.48. The molecule has 0 aliphatic heterocycles. The number of H-pyrrole nitrogens is 1. The van der Waals surface area contributed by atoms with Gasteiger partial charge in [0.05, 0.1) is 23.3 Å². The van der Waals surface area contributed by atoms with E-state index in [1.54, 1.807) is 30.6 Å². The molecule has 0 spiro atoms. The van der Waals surface area contributed by atoms with Crippen molar-refractivity contribution in [1.29, 1.82) is 0 Å². The number of nitrogens with zero attached hydrogens (tertiary/aromatic N) is 3. The Kier molecular flexibility index (Phi) is 3.31. The molecule has 24 heavy (non-hydrogen) atoms. The molecule has 0 aliphatic rings. The number of fused-ring (bicyclic) bond motifs is 2. The van der Waals surface area contributed by atoms with E-state index in [4.69, 9.17) is 0 Å². The smallest absolute Gasteiger partial charge is 0.275 e. The second-order valence-corrected chi connectivity index (χ2v) is 5.41. The van der Waals surface area contributed by atoms with Crippen molar-refractivity contribution in [3.05, 3.63) is 65.2 Å². The maximum absolute atomic E-state index is 12.4. The fraction of sp³-hybridized carbons (Fsp3) is 0.0588. The fourth-order valence-electron chi connectivity index (χ4n) is 2.60. The molecule has 0 bridgehead atoms. The molecule has 2 aromatic carbocycles. The van der Waals surface area contributed by atoms with Gasteiger partial charge in [0.1, 0.15) is 6.54 Å². The first-order valence-electron chi connectivity index (χ1n) is 7.38. The van der Waals surface area contributed by atoms with Crippen LogP contribution in [-0.4, -0.2) is 25.9 Å².